The highest BCUT2D eigenvalue weighted by Gasteiger charge is 2.11. The molecular formula is C13H15F2NO2. The molecule has 5 heteroatoms. The molecule has 1 amide bonds. The quantitative estimate of drug-likeness (QED) is 0.821. The first-order valence-corrected chi connectivity index (χ1v) is 5.65. The summed E-state index contributed by atoms with van der Waals surface area (Å²) in [6, 6.07) is 2.90. The van der Waals surface area contributed by atoms with Crippen LogP contribution in [0.15, 0.2) is 18.2 Å². The molecule has 3 nitrogen and oxygen atoms in total. The van der Waals surface area contributed by atoms with Crippen molar-refractivity contribution in [2.45, 2.75) is 20.3 Å². The number of nitrogens with one attached hydrogen (secondary N) is 1. The van der Waals surface area contributed by atoms with E-state index in [1.807, 2.05) is 13.8 Å². The highest BCUT2D eigenvalue weighted by atomic mass is 19.2. The highest BCUT2D eigenvalue weighted by Crippen LogP contribution is 2.09. The van der Waals surface area contributed by atoms with Gasteiger partial charge in [-0.05, 0) is 24.1 Å². The number of benzene rings is 1. The monoisotopic (exact) mass is 255 g/mol. The number of amides is 1. The predicted molar refractivity (Wildman–Crippen MR) is 63.2 cm³/mol. The fourth-order valence-electron chi connectivity index (χ4n) is 1.39. The second-order valence-electron chi connectivity index (χ2n) is 4.43. The molecule has 1 aromatic rings. The molecule has 0 unspecified atom stereocenters. The van der Waals surface area contributed by atoms with Crippen molar-refractivity contribution >= 4 is 11.7 Å². The number of carbonyl (C=O) groups excluding carboxylic acids is 2. The molecule has 0 radical (unpaired) electrons. The fourth-order valence-corrected chi connectivity index (χ4v) is 1.39. The SMILES string of the molecule is CC(C)CC(=O)NCC(=O)c1ccc(F)c(F)c1. The van der Waals surface area contributed by atoms with Crippen LogP contribution in [0.1, 0.15) is 30.6 Å². The van der Waals surface area contributed by atoms with E-state index in [1.165, 1.54) is 6.07 Å². The summed E-state index contributed by atoms with van der Waals surface area (Å²) in [5.41, 5.74) is 0.0405. The lowest BCUT2D eigenvalue weighted by molar-refractivity contribution is -0.121. The lowest BCUT2D eigenvalue weighted by Crippen LogP contribution is -2.30. The van der Waals surface area contributed by atoms with E-state index >= 15 is 0 Å². The third kappa shape index (κ3) is 4.24. The van der Waals surface area contributed by atoms with Gasteiger partial charge in [0.15, 0.2) is 17.4 Å². The van der Waals surface area contributed by atoms with Gasteiger partial charge in [-0.15, -0.1) is 0 Å². The Balaban J connectivity index is 2.55. The fraction of sp³-hybridized carbons (Fsp3) is 0.385. The van der Waals surface area contributed by atoms with Crippen LogP contribution in [0.3, 0.4) is 0 Å². The van der Waals surface area contributed by atoms with E-state index in [1.54, 1.807) is 0 Å². The molecule has 0 atom stereocenters. The van der Waals surface area contributed by atoms with Gasteiger partial charge >= 0.3 is 0 Å². The number of halogens is 2. The number of rotatable bonds is 5. The van der Waals surface area contributed by atoms with Crippen LogP contribution in [0.25, 0.3) is 0 Å². The molecule has 18 heavy (non-hydrogen) atoms. The summed E-state index contributed by atoms with van der Waals surface area (Å²) < 4.78 is 25.6. The van der Waals surface area contributed by atoms with Gasteiger partial charge in [-0.2, -0.15) is 0 Å². The highest BCUT2D eigenvalue weighted by molar-refractivity contribution is 5.99. The van der Waals surface area contributed by atoms with E-state index in [-0.39, 0.29) is 23.9 Å². The molecular weight excluding hydrogens is 240 g/mol. The van der Waals surface area contributed by atoms with Crippen molar-refractivity contribution in [1.29, 1.82) is 0 Å². The first kappa shape index (κ1) is 14.3. The van der Waals surface area contributed by atoms with E-state index < -0.39 is 17.4 Å². The lowest BCUT2D eigenvalue weighted by Gasteiger charge is -2.06. The Kier molecular flexibility index (Phi) is 4.95. The van der Waals surface area contributed by atoms with Gasteiger partial charge in [0.25, 0.3) is 0 Å². The van der Waals surface area contributed by atoms with Crippen molar-refractivity contribution in [2.75, 3.05) is 6.54 Å². The van der Waals surface area contributed by atoms with E-state index in [9.17, 15) is 18.4 Å². The van der Waals surface area contributed by atoms with Crippen LogP contribution in [0.5, 0.6) is 0 Å². The van der Waals surface area contributed by atoms with Crippen LogP contribution in [0.4, 0.5) is 8.78 Å². The standard InChI is InChI=1S/C13H15F2NO2/c1-8(2)5-13(18)16-7-12(17)9-3-4-10(14)11(15)6-9/h3-4,6,8H,5,7H2,1-2H3,(H,16,18). The number of carbonyl (C=O) groups is 2. The van der Waals surface area contributed by atoms with Gasteiger partial charge in [0.1, 0.15) is 0 Å². The van der Waals surface area contributed by atoms with Gasteiger partial charge in [0.05, 0.1) is 6.54 Å². The van der Waals surface area contributed by atoms with Crippen molar-refractivity contribution in [2.24, 2.45) is 5.92 Å². The van der Waals surface area contributed by atoms with Crippen LogP contribution in [-0.2, 0) is 4.79 Å². The minimum atomic E-state index is -1.07. The Morgan fingerprint density at radius 1 is 1.22 bits per heavy atom. The van der Waals surface area contributed by atoms with Crippen LogP contribution in [-0.4, -0.2) is 18.2 Å². The molecule has 0 spiro atoms. The third-order valence-electron chi connectivity index (χ3n) is 2.28. The third-order valence-corrected chi connectivity index (χ3v) is 2.28. The van der Waals surface area contributed by atoms with E-state index in [0.29, 0.717) is 6.42 Å². The summed E-state index contributed by atoms with van der Waals surface area (Å²) in [7, 11) is 0. The Bertz CT molecular complexity index is 458. The van der Waals surface area contributed by atoms with E-state index in [2.05, 4.69) is 5.32 Å². The van der Waals surface area contributed by atoms with Crippen molar-refractivity contribution in [3.63, 3.8) is 0 Å². The summed E-state index contributed by atoms with van der Waals surface area (Å²) >= 11 is 0. The number of Topliss-reactive ketones (excluding diaryl/α,β-unsaturated/α-hetero) is 1. The van der Waals surface area contributed by atoms with Crippen molar-refractivity contribution in [3.8, 4) is 0 Å². The Morgan fingerprint density at radius 2 is 1.89 bits per heavy atom. The zero-order valence-electron chi connectivity index (χ0n) is 10.3. The van der Waals surface area contributed by atoms with Gasteiger partial charge in [-0.1, -0.05) is 13.8 Å². The Labute approximate surface area is 104 Å². The van der Waals surface area contributed by atoms with Crippen LogP contribution < -0.4 is 5.32 Å². The molecule has 1 N–H and O–H groups in total. The first-order valence-electron chi connectivity index (χ1n) is 5.65. The average molecular weight is 255 g/mol. The molecule has 0 saturated carbocycles. The van der Waals surface area contributed by atoms with E-state index in [0.717, 1.165) is 12.1 Å². The zero-order valence-corrected chi connectivity index (χ0v) is 10.3. The number of ketones is 1. The van der Waals surface area contributed by atoms with Crippen LogP contribution in [0, 0.1) is 17.6 Å². The van der Waals surface area contributed by atoms with Crippen LogP contribution in [0.2, 0.25) is 0 Å². The molecule has 0 aliphatic heterocycles. The smallest absolute Gasteiger partial charge is 0.220 e. The van der Waals surface area contributed by atoms with Crippen LogP contribution >= 0.6 is 0 Å². The first-order chi connectivity index (χ1) is 8.40. The Morgan fingerprint density at radius 3 is 2.44 bits per heavy atom. The summed E-state index contributed by atoms with van der Waals surface area (Å²) in [5.74, 6) is -2.57. The van der Waals surface area contributed by atoms with Crippen molar-refractivity contribution in [1.82, 2.24) is 5.32 Å². The molecule has 0 fully saturated rings. The molecule has 0 aliphatic rings. The summed E-state index contributed by atoms with van der Waals surface area (Å²) in [6.07, 6.45) is 0.324. The summed E-state index contributed by atoms with van der Waals surface area (Å²) in [5, 5.41) is 2.44. The molecule has 0 bridgehead atoms. The maximum atomic E-state index is 12.9. The topological polar surface area (TPSA) is 46.2 Å². The lowest BCUT2D eigenvalue weighted by atomic mass is 10.1. The minimum absolute atomic E-state index is 0.0405. The Hall–Kier alpha value is -1.78. The normalized spacial score (nSPS) is 10.5. The van der Waals surface area contributed by atoms with E-state index in [4.69, 9.17) is 0 Å². The van der Waals surface area contributed by atoms with Gasteiger partial charge < -0.3 is 5.32 Å². The maximum Gasteiger partial charge on any atom is 0.220 e. The van der Waals surface area contributed by atoms with Crippen molar-refractivity contribution < 1.29 is 18.4 Å². The van der Waals surface area contributed by atoms with Gasteiger partial charge in [-0.3, -0.25) is 9.59 Å². The average Bonchev–Trinajstić information content (AvgIpc) is 2.28. The van der Waals surface area contributed by atoms with Gasteiger partial charge in [-0.25, -0.2) is 8.78 Å². The second kappa shape index (κ2) is 6.23. The molecule has 0 heterocycles. The minimum Gasteiger partial charge on any atom is -0.349 e. The van der Waals surface area contributed by atoms with Gasteiger partial charge in [0, 0.05) is 12.0 Å². The van der Waals surface area contributed by atoms with Gasteiger partial charge in [0.2, 0.25) is 5.91 Å². The summed E-state index contributed by atoms with van der Waals surface area (Å²) in [4.78, 5) is 22.9. The molecule has 1 aromatic carbocycles. The predicted octanol–water partition coefficient (Wildman–Crippen LogP) is 2.31. The molecule has 98 valence electrons. The zero-order chi connectivity index (χ0) is 13.7. The maximum absolute atomic E-state index is 12.9. The van der Waals surface area contributed by atoms with Crippen molar-refractivity contribution in [3.05, 3.63) is 35.4 Å². The largest absolute Gasteiger partial charge is 0.349 e. The number of hydrogen-bond acceptors (Lipinski definition) is 2. The molecule has 1 rings (SSSR count). The second-order valence-corrected chi connectivity index (χ2v) is 4.43. The summed E-state index contributed by atoms with van der Waals surface area (Å²) in [6.45, 7) is 3.56. The molecule has 0 saturated heterocycles. The molecule has 0 aliphatic carbocycles. The molecule has 0 aromatic heterocycles. The number of hydrogen-bond donors (Lipinski definition) is 1.